The van der Waals surface area contributed by atoms with E-state index in [-0.39, 0.29) is 10.6 Å². The molecule has 0 spiro atoms. The number of methoxy groups -OCH3 is 2. The standard InChI is InChI=1S/C21H22ClN3O4S/c1-6-9-14(7-2)13(3)25-29-20(26)19-15(22)10-8-11-16(19)30-21-23-17(27-4)12-18(24-21)28-5/h6-12H,1-5H3/b9-6-,14-7+,25-13+. The molecule has 0 unspecified atom stereocenters. The van der Waals surface area contributed by atoms with E-state index >= 15 is 0 Å². The van der Waals surface area contributed by atoms with Gasteiger partial charge in [-0.3, -0.25) is 0 Å². The van der Waals surface area contributed by atoms with Crippen LogP contribution in [-0.2, 0) is 4.84 Å². The normalized spacial score (nSPS) is 12.2. The van der Waals surface area contributed by atoms with Gasteiger partial charge in [-0.15, -0.1) is 0 Å². The first-order valence-electron chi connectivity index (χ1n) is 8.92. The Hall–Kier alpha value is -2.84. The molecular formula is C21H22ClN3O4S. The summed E-state index contributed by atoms with van der Waals surface area (Å²) >= 11 is 7.42. The van der Waals surface area contributed by atoms with Crippen molar-refractivity contribution >= 4 is 35.0 Å². The van der Waals surface area contributed by atoms with Crippen LogP contribution in [0, 0.1) is 0 Å². The van der Waals surface area contributed by atoms with Crippen molar-refractivity contribution in [2.75, 3.05) is 14.2 Å². The largest absolute Gasteiger partial charge is 0.481 e. The number of ether oxygens (including phenoxy) is 2. The van der Waals surface area contributed by atoms with Crippen LogP contribution in [0.5, 0.6) is 11.8 Å². The first-order valence-corrected chi connectivity index (χ1v) is 10.1. The molecule has 9 heteroatoms. The predicted molar refractivity (Wildman–Crippen MR) is 118 cm³/mol. The Labute approximate surface area is 184 Å². The third-order valence-electron chi connectivity index (χ3n) is 3.80. The molecule has 7 nitrogen and oxygen atoms in total. The Morgan fingerprint density at radius 3 is 2.40 bits per heavy atom. The van der Waals surface area contributed by atoms with Crippen molar-refractivity contribution in [1.82, 2.24) is 9.97 Å². The van der Waals surface area contributed by atoms with Gasteiger partial charge in [-0.05, 0) is 50.2 Å². The average Bonchev–Trinajstić information content (AvgIpc) is 2.75. The van der Waals surface area contributed by atoms with Crippen molar-refractivity contribution in [2.24, 2.45) is 5.16 Å². The molecule has 1 aromatic heterocycles. The molecule has 1 aromatic carbocycles. The van der Waals surface area contributed by atoms with Crippen LogP contribution in [0.4, 0.5) is 0 Å². The van der Waals surface area contributed by atoms with E-state index in [1.165, 1.54) is 14.2 Å². The quantitative estimate of drug-likeness (QED) is 0.177. The van der Waals surface area contributed by atoms with E-state index < -0.39 is 5.97 Å². The van der Waals surface area contributed by atoms with Crippen LogP contribution in [0.25, 0.3) is 0 Å². The molecule has 0 aliphatic rings. The SMILES string of the molecule is C\C=C/C(=C\C)C(/C)=N/OC(=O)c1c(Cl)cccc1Sc1nc(OC)cc(OC)n1. The Bertz CT molecular complexity index is 983. The Morgan fingerprint density at radius 1 is 1.17 bits per heavy atom. The third kappa shape index (κ3) is 6.08. The Balaban J connectivity index is 2.34. The van der Waals surface area contributed by atoms with Crippen LogP contribution in [0.1, 0.15) is 31.1 Å². The van der Waals surface area contributed by atoms with Crippen molar-refractivity contribution in [2.45, 2.75) is 30.8 Å². The molecule has 0 bridgehead atoms. The zero-order valence-electron chi connectivity index (χ0n) is 17.3. The summed E-state index contributed by atoms with van der Waals surface area (Å²) in [7, 11) is 2.98. The second kappa shape index (κ2) is 11.4. The van der Waals surface area contributed by atoms with E-state index in [9.17, 15) is 4.79 Å². The predicted octanol–water partition coefficient (Wildman–Crippen LogP) is 5.35. The average molecular weight is 448 g/mol. The number of nitrogens with zero attached hydrogens (tertiary/aromatic N) is 3. The number of oxime groups is 1. The fraction of sp³-hybridized carbons (Fsp3) is 0.238. The molecule has 2 aromatic rings. The number of rotatable bonds is 8. The van der Waals surface area contributed by atoms with Gasteiger partial charge in [0.25, 0.3) is 0 Å². The smallest absolute Gasteiger partial charge is 0.368 e. The molecule has 0 aliphatic carbocycles. The summed E-state index contributed by atoms with van der Waals surface area (Å²) < 4.78 is 10.3. The summed E-state index contributed by atoms with van der Waals surface area (Å²) in [5, 5.41) is 4.50. The zero-order valence-corrected chi connectivity index (χ0v) is 18.9. The second-order valence-electron chi connectivity index (χ2n) is 5.75. The number of halogens is 1. The molecule has 0 aliphatic heterocycles. The molecule has 30 heavy (non-hydrogen) atoms. The van der Waals surface area contributed by atoms with E-state index in [2.05, 4.69) is 15.1 Å². The maximum Gasteiger partial charge on any atom is 0.368 e. The maximum absolute atomic E-state index is 12.7. The van der Waals surface area contributed by atoms with Crippen molar-refractivity contribution in [3.05, 3.63) is 58.7 Å². The van der Waals surface area contributed by atoms with Crippen molar-refractivity contribution in [3.8, 4) is 11.8 Å². The fourth-order valence-corrected chi connectivity index (χ4v) is 3.56. The van der Waals surface area contributed by atoms with Crippen LogP contribution >= 0.6 is 23.4 Å². The van der Waals surface area contributed by atoms with E-state index in [0.29, 0.717) is 27.5 Å². The molecular weight excluding hydrogens is 426 g/mol. The van der Waals surface area contributed by atoms with Crippen LogP contribution < -0.4 is 9.47 Å². The lowest BCUT2D eigenvalue weighted by atomic mass is 10.1. The monoisotopic (exact) mass is 447 g/mol. The van der Waals surface area contributed by atoms with Gasteiger partial charge in [-0.25, -0.2) is 4.79 Å². The molecule has 0 saturated carbocycles. The molecule has 0 saturated heterocycles. The number of hydrogen-bond acceptors (Lipinski definition) is 8. The number of carbonyl (C=O) groups is 1. The zero-order chi connectivity index (χ0) is 22.1. The minimum Gasteiger partial charge on any atom is -0.481 e. The Kier molecular flexibility index (Phi) is 8.89. The summed E-state index contributed by atoms with van der Waals surface area (Å²) in [6, 6.07) is 6.59. The number of carbonyl (C=O) groups excluding carboxylic acids is 1. The molecule has 2 rings (SSSR count). The molecule has 0 fully saturated rings. The number of benzene rings is 1. The highest BCUT2D eigenvalue weighted by Crippen LogP contribution is 2.34. The van der Waals surface area contributed by atoms with Crippen LogP contribution in [0.3, 0.4) is 0 Å². The van der Waals surface area contributed by atoms with Crippen molar-refractivity contribution in [3.63, 3.8) is 0 Å². The number of allylic oxidation sites excluding steroid dienone is 4. The number of aromatic nitrogens is 2. The summed E-state index contributed by atoms with van der Waals surface area (Å²) in [4.78, 5) is 26.9. The maximum atomic E-state index is 12.7. The van der Waals surface area contributed by atoms with Crippen LogP contribution in [-0.4, -0.2) is 35.9 Å². The molecule has 1 heterocycles. The second-order valence-corrected chi connectivity index (χ2v) is 7.17. The third-order valence-corrected chi connectivity index (χ3v) is 5.04. The fourth-order valence-electron chi connectivity index (χ4n) is 2.34. The van der Waals surface area contributed by atoms with Crippen molar-refractivity contribution < 1.29 is 19.1 Å². The minimum absolute atomic E-state index is 0.166. The Morgan fingerprint density at radius 2 is 1.83 bits per heavy atom. The summed E-state index contributed by atoms with van der Waals surface area (Å²) in [6.45, 7) is 5.52. The highest BCUT2D eigenvalue weighted by Gasteiger charge is 2.20. The summed E-state index contributed by atoms with van der Waals surface area (Å²) in [5.41, 5.74) is 1.57. The van der Waals surface area contributed by atoms with Gasteiger partial charge >= 0.3 is 5.97 Å². The van der Waals surface area contributed by atoms with Gasteiger partial charge < -0.3 is 14.3 Å². The van der Waals surface area contributed by atoms with E-state index in [0.717, 1.165) is 17.3 Å². The molecule has 0 N–H and O–H groups in total. The van der Waals surface area contributed by atoms with Gasteiger partial charge in [0.2, 0.25) is 11.8 Å². The van der Waals surface area contributed by atoms with Gasteiger partial charge in [0, 0.05) is 4.90 Å². The van der Waals surface area contributed by atoms with E-state index in [1.807, 2.05) is 32.1 Å². The first kappa shape index (κ1) is 23.4. The van der Waals surface area contributed by atoms with E-state index in [4.69, 9.17) is 25.9 Å². The molecule has 158 valence electrons. The lowest BCUT2D eigenvalue weighted by Gasteiger charge is -2.10. The lowest BCUT2D eigenvalue weighted by molar-refractivity contribution is 0.0512. The molecule has 0 radical (unpaired) electrons. The topological polar surface area (TPSA) is 82.9 Å². The van der Waals surface area contributed by atoms with Gasteiger partial charge in [-0.2, -0.15) is 9.97 Å². The summed E-state index contributed by atoms with van der Waals surface area (Å²) in [6.07, 6.45) is 5.62. The first-order chi connectivity index (χ1) is 14.4. The van der Waals surface area contributed by atoms with Gasteiger partial charge in [0.05, 0.1) is 36.6 Å². The number of hydrogen-bond donors (Lipinski definition) is 0. The van der Waals surface area contributed by atoms with Gasteiger partial charge in [0.1, 0.15) is 0 Å². The highest BCUT2D eigenvalue weighted by molar-refractivity contribution is 7.99. The molecule has 0 atom stereocenters. The van der Waals surface area contributed by atoms with Crippen molar-refractivity contribution in [1.29, 1.82) is 0 Å². The minimum atomic E-state index is -0.687. The highest BCUT2D eigenvalue weighted by atomic mass is 35.5. The summed E-state index contributed by atoms with van der Waals surface area (Å²) in [5.74, 6) is -0.0228. The van der Waals surface area contributed by atoms with Crippen LogP contribution in [0.15, 0.2) is 63.3 Å². The van der Waals surface area contributed by atoms with Gasteiger partial charge in [-0.1, -0.05) is 41.1 Å². The molecule has 0 amide bonds. The van der Waals surface area contributed by atoms with Gasteiger partial charge in [0.15, 0.2) is 5.16 Å². The van der Waals surface area contributed by atoms with E-state index in [1.54, 1.807) is 31.2 Å². The van der Waals surface area contributed by atoms with Crippen LogP contribution in [0.2, 0.25) is 5.02 Å². The lowest BCUT2D eigenvalue weighted by Crippen LogP contribution is -2.07.